The Morgan fingerprint density at radius 3 is 2.80 bits per heavy atom. The Labute approximate surface area is 155 Å². The summed E-state index contributed by atoms with van der Waals surface area (Å²) in [5, 5.41) is 3.08. The Balaban J connectivity index is 1.52. The Bertz CT molecular complexity index is 863. The number of nitrogens with zero attached hydrogens (tertiary/aromatic N) is 2. The number of fused-ring (bicyclic) bond motifs is 2. The zero-order chi connectivity index (χ0) is 17.4. The lowest BCUT2D eigenvalue weighted by Crippen LogP contribution is -2.43. The molecule has 2 heterocycles. The average molecular weight is 404 g/mol. The smallest absolute Gasteiger partial charge is 0.270 e. The second-order valence-corrected chi connectivity index (χ2v) is 8.26. The van der Waals surface area contributed by atoms with E-state index in [1.165, 1.54) is 42.7 Å². The number of hydrogen-bond donors (Lipinski definition) is 1. The van der Waals surface area contributed by atoms with Gasteiger partial charge in [0.05, 0.1) is 0 Å². The molecule has 1 amide bonds. The predicted molar refractivity (Wildman–Crippen MR) is 99.7 cm³/mol. The van der Waals surface area contributed by atoms with E-state index in [0.29, 0.717) is 5.65 Å². The van der Waals surface area contributed by atoms with Gasteiger partial charge in [0.15, 0.2) is 0 Å². The molecule has 0 aliphatic heterocycles. The van der Waals surface area contributed by atoms with Gasteiger partial charge in [0.1, 0.15) is 11.2 Å². The molecule has 0 bridgehead atoms. The molecule has 2 saturated carbocycles. The molecule has 132 valence electrons. The quantitative estimate of drug-likeness (QED) is 0.833. The third-order valence-corrected chi connectivity index (χ3v) is 6.25. The number of halogens is 1. The van der Waals surface area contributed by atoms with Crippen LogP contribution in [0.3, 0.4) is 0 Å². The number of carbonyl (C=O) groups excluding carboxylic acids is 1. The lowest BCUT2D eigenvalue weighted by Gasteiger charge is -2.39. The van der Waals surface area contributed by atoms with E-state index in [2.05, 4.69) is 26.2 Å². The minimum atomic E-state index is -0.324. The van der Waals surface area contributed by atoms with Crippen molar-refractivity contribution >= 4 is 27.5 Å². The summed E-state index contributed by atoms with van der Waals surface area (Å²) in [6.45, 7) is 0. The zero-order valence-corrected chi connectivity index (χ0v) is 15.7. The van der Waals surface area contributed by atoms with Crippen LogP contribution in [0.1, 0.15) is 55.3 Å². The molecule has 6 heteroatoms. The van der Waals surface area contributed by atoms with Gasteiger partial charge in [0.2, 0.25) is 0 Å². The van der Waals surface area contributed by atoms with E-state index in [-0.39, 0.29) is 23.1 Å². The van der Waals surface area contributed by atoms with Crippen LogP contribution in [0.5, 0.6) is 0 Å². The van der Waals surface area contributed by atoms with Crippen LogP contribution >= 0.6 is 15.9 Å². The van der Waals surface area contributed by atoms with Gasteiger partial charge in [-0.05, 0) is 59.2 Å². The van der Waals surface area contributed by atoms with Gasteiger partial charge in [-0.2, -0.15) is 0 Å². The van der Waals surface area contributed by atoms with Crippen LogP contribution in [0.4, 0.5) is 0 Å². The van der Waals surface area contributed by atoms with Crippen LogP contribution in [-0.4, -0.2) is 21.3 Å². The average Bonchev–Trinajstić information content (AvgIpc) is 2.62. The first kappa shape index (κ1) is 16.8. The van der Waals surface area contributed by atoms with E-state index >= 15 is 0 Å². The lowest BCUT2D eigenvalue weighted by atomic mass is 9.69. The summed E-state index contributed by atoms with van der Waals surface area (Å²) < 4.78 is 2.19. The van der Waals surface area contributed by atoms with Gasteiger partial charge in [-0.15, -0.1) is 0 Å². The molecule has 0 unspecified atom stereocenters. The normalized spacial score (nSPS) is 26.2. The molecule has 1 N–H and O–H groups in total. The molecule has 25 heavy (non-hydrogen) atoms. The number of amides is 1. The molecular formula is C19H22BrN3O2. The van der Waals surface area contributed by atoms with Gasteiger partial charge in [-0.1, -0.05) is 25.7 Å². The molecule has 0 saturated heterocycles. The molecule has 2 fully saturated rings. The van der Waals surface area contributed by atoms with E-state index in [1.807, 2.05) is 6.07 Å². The highest BCUT2D eigenvalue weighted by atomic mass is 79.9. The largest absolute Gasteiger partial charge is 0.349 e. The first-order valence-electron chi connectivity index (χ1n) is 9.09. The Kier molecular flexibility index (Phi) is 4.63. The van der Waals surface area contributed by atoms with Crippen LogP contribution in [-0.2, 0) is 0 Å². The van der Waals surface area contributed by atoms with Crippen LogP contribution in [0.15, 0.2) is 33.8 Å². The Morgan fingerprint density at radius 2 is 1.96 bits per heavy atom. The van der Waals surface area contributed by atoms with E-state index < -0.39 is 0 Å². The topological polar surface area (TPSA) is 63.5 Å². The standard InChI is InChI=1S/C19H22BrN3O2/c20-14-6-8-17-21-10-16(19(25)23(17)11-14)18(24)22-15-7-5-12-3-1-2-4-13(12)9-15/h6,8,10-13,15H,1-5,7,9H2,(H,22,24)/t12-,13+,15-/m1/s1. The number of pyridine rings is 1. The van der Waals surface area contributed by atoms with Crippen molar-refractivity contribution in [3.8, 4) is 0 Å². The summed E-state index contributed by atoms with van der Waals surface area (Å²) in [7, 11) is 0. The molecule has 4 rings (SSSR count). The van der Waals surface area contributed by atoms with Crippen molar-refractivity contribution in [3.63, 3.8) is 0 Å². The second-order valence-electron chi connectivity index (χ2n) is 7.34. The van der Waals surface area contributed by atoms with E-state index in [1.54, 1.807) is 12.3 Å². The maximum Gasteiger partial charge on any atom is 0.270 e. The van der Waals surface area contributed by atoms with Crippen molar-refractivity contribution < 1.29 is 4.79 Å². The third-order valence-electron chi connectivity index (χ3n) is 5.79. The molecule has 5 nitrogen and oxygen atoms in total. The molecule has 2 aliphatic carbocycles. The van der Waals surface area contributed by atoms with Gasteiger partial charge in [-0.25, -0.2) is 4.98 Å². The van der Waals surface area contributed by atoms with Crippen LogP contribution in [0, 0.1) is 11.8 Å². The minimum absolute atomic E-state index is 0.112. The SMILES string of the molecule is O=C(N[C@@H]1CC[C@H]2CCCC[C@H]2C1)c1cnc2ccc(Br)cn2c1=O. The molecule has 0 spiro atoms. The molecule has 0 aromatic carbocycles. The fraction of sp³-hybridized carbons (Fsp3) is 0.526. The highest BCUT2D eigenvalue weighted by molar-refractivity contribution is 9.10. The summed E-state index contributed by atoms with van der Waals surface area (Å²) in [6.07, 6.45) is 11.6. The van der Waals surface area contributed by atoms with Gasteiger partial charge < -0.3 is 5.32 Å². The van der Waals surface area contributed by atoms with Gasteiger partial charge in [-0.3, -0.25) is 14.0 Å². The summed E-state index contributed by atoms with van der Waals surface area (Å²) >= 11 is 3.35. The maximum atomic E-state index is 12.6. The van der Waals surface area contributed by atoms with Crippen molar-refractivity contribution in [2.45, 2.75) is 51.0 Å². The summed E-state index contributed by atoms with van der Waals surface area (Å²) in [5.41, 5.74) is 0.323. The van der Waals surface area contributed by atoms with Crippen molar-refractivity contribution in [2.24, 2.45) is 11.8 Å². The zero-order valence-electron chi connectivity index (χ0n) is 14.1. The molecule has 2 aromatic heterocycles. The number of carbonyl (C=O) groups is 1. The third kappa shape index (κ3) is 3.36. The number of hydrogen-bond acceptors (Lipinski definition) is 3. The van der Waals surface area contributed by atoms with Crippen molar-refractivity contribution in [1.82, 2.24) is 14.7 Å². The first-order valence-corrected chi connectivity index (χ1v) is 9.89. The van der Waals surface area contributed by atoms with Gasteiger partial charge in [0.25, 0.3) is 11.5 Å². The number of nitrogens with one attached hydrogen (secondary N) is 1. The van der Waals surface area contributed by atoms with Crippen molar-refractivity contribution in [1.29, 1.82) is 0 Å². The van der Waals surface area contributed by atoms with Gasteiger partial charge in [0, 0.05) is 22.9 Å². The summed E-state index contributed by atoms with van der Waals surface area (Å²) in [4.78, 5) is 29.5. The lowest BCUT2D eigenvalue weighted by molar-refractivity contribution is 0.0877. The fourth-order valence-corrected chi connectivity index (χ4v) is 4.81. The second kappa shape index (κ2) is 6.90. The minimum Gasteiger partial charge on any atom is -0.349 e. The highest BCUT2D eigenvalue weighted by Gasteiger charge is 2.33. The molecule has 2 aromatic rings. The fourth-order valence-electron chi connectivity index (χ4n) is 4.47. The highest BCUT2D eigenvalue weighted by Crippen LogP contribution is 2.40. The Hall–Kier alpha value is -1.69. The van der Waals surface area contributed by atoms with Crippen molar-refractivity contribution in [3.05, 3.63) is 44.9 Å². The maximum absolute atomic E-state index is 12.6. The van der Waals surface area contributed by atoms with Crippen LogP contribution < -0.4 is 10.9 Å². The molecule has 0 radical (unpaired) electrons. The van der Waals surface area contributed by atoms with Crippen LogP contribution in [0.25, 0.3) is 5.65 Å². The van der Waals surface area contributed by atoms with Gasteiger partial charge >= 0.3 is 0 Å². The van der Waals surface area contributed by atoms with Crippen LogP contribution in [0.2, 0.25) is 0 Å². The van der Waals surface area contributed by atoms with E-state index in [9.17, 15) is 9.59 Å². The van der Waals surface area contributed by atoms with Crippen molar-refractivity contribution in [2.75, 3.05) is 0 Å². The molecule has 2 aliphatic rings. The summed E-state index contributed by atoms with van der Waals surface area (Å²) in [6, 6.07) is 3.75. The predicted octanol–water partition coefficient (Wildman–Crippen LogP) is 3.55. The first-order chi connectivity index (χ1) is 12.1. The monoisotopic (exact) mass is 403 g/mol. The molecular weight excluding hydrogens is 382 g/mol. The van der Waals surface area contributed by atoms with E-state index in [0.717, 1.165) is 29.2 Å². The molecule has 3 atom stereocenters. The number of aromatic nitrogens is 2. The van der Waals surface area contributed by atoms with E-state index in [4.69, 9.17) is 0 Å². The summed E-state index contributed by atoms with van der Waals surface area (Å²) in [5.74, 6) is 1.28. The number of rotatable bonds is 2. The Morgan fingerprint density at radius 1 is 1.16 bits per heavy atom.